The molecule has 1 fully saturated rings. The topological polar surface area (TPSA) is 85.1 Å². The molecular weight excluding hydrogens is 402 g/mol. The molecule has 0 spiro atoms. The number of amides is 1. The number of hydrogen-bond donors (Lipinski definition) is 2. The van der Waals surface area contributed by atoms with Gasteiger partial charge in [-0.25, -0.2) is 4.98 Å². The Kier molecular flexibility index (Phi) is 5.16. The predicted octanol–water partition coefficient (Wildman–Crippen LogP) is 3.61. The van der Waals surface area contributed by atoms with E-state index < -0.39 is 0 Å². The van der Waals surface area contributed by atoms with Gasteiger partial charge in [0.1, 0.15) is 5.82 Å². The van der Waals surface area contributed by atoms with Crippen molar-refractivity contribution >= 4 is 16.8 Å². The Morgan fingerprint density at radius 1 is 1.19 bits per heavy atom. The smallest absolute Gasteiger partial charge is 0.254 e. The van der Waals surface area contributed by atoms with Crippen molar-refractivity contribution in [2.75, 3.05) is 13.1 Å². The van der Waals surface area contributed by atoms with E-state index in [1.54, 1.807) is 0 Å². The molecule has 32 heavy (non-hydrogen) atoms. The van der Waals surface area contributed by atoms with Crippen LogP contribution in [0, 0.1) is 13.8 Å². The lowest BCUT2D eigenvalue weighted by atomic mass is 10.0. The van der Waals surface area contributed by atoms with Crippen LogP contribution in [0.4, 0.5) is 0 Å². The number of nitrogens with zero attached hydrogens (tertiary/aromatic N) is 3. The molecule has 0 radical (unpaired) electrons. The van der Waals surface area contributed by atoms with E-state index in [0.717, 1.165) is 53.7 Å². The van der Waals surface area contributed by atoms with Crippen molar-refractivity contribution in [3.05, 3.63) is 62.5 Å². The fourth-order valence-corrected chi connectivity index (χ4v) is 5.13. The zero-order chi connectivity index (χ0) is 22.6. The second kappa shape index (κ2) is 7.89. The SMILES string of the molecule is Cc1[nH]c2ccc(C(=O)N3CCC[C@@H]3c3nc4c(c(=O)[nH]3)CCN(C(C)C)C4)cc2c1C. The average molecular weight is 434 g/mol. The summed E-state index contributed by atoms with van der Waals surface area (Å²) in [5, 5.41) is 1.08. The van der Waals surface area contributed by atoms with Gasteiger partial charge in [0.25, 0.3) is 11.5 Å². The van der Waals surface area contributed by atoms with E-state index in [1.165, 1.54) is 5.56 Å². The van der Waals surface area contributed by atoms with Crippen LogP contribution in [0.1, 0.15) is 71.4 Å². The van der Waals surface area contributed by atoms with Gasteiger partial charge in [-0.1, -0.05) is 0 Å². The number of aromatic amines is 2. The molecule has 4 heterocycles. The van der Waals surface area contributed by atoms with Crippen molar-refractivity contribution in [2.45, 2.75) is 65.6 Å². The van der Waals surface area contributed by atoms with Crippen LogP contribution in [0.15, 0.2) is 23.0 Å². The minimum absolute atomic E-state index is 0.00294. The summed E-state index contributed by atoms with van der Waals surface area (Å²) in [6.07, 6.45) is 2.44. The van der Waals surface area contributed by atoms with Gasteiger partial charge in [0.15, 0.2) is 0 Å². The lowest BCUT2D eigenvalue weighted by Crippen LogP contribution is -2.40. The van der Waals surface area contributed by atoms with Crippen molar-refractivity contribution in [2.24, 2.45) is 0 Å². The molecule has 1 aromatic carbocycles. The molecule has 2 aliphatic rings. The quantitative estimate of drug-likeness (QED) is 0.661. The highest BCUT2D eigenvalue weighted by molar-refractivity contribution is 5.99. The highest BCUT2D eigenvalue weighted by Crippen LogP contribution is 2.32. The molecule has 0 saturated carbocycles. The third kappa shape index (κ3) is 3.45. The predicted molar refractivity (Wildman–Crippen MR) is 125 cm³/mol. The molecule has 1 saturated heterocycles. The first kappa shape index (κ1) is 20.9. The summed E-state index contributed by atoms with van der Waals surface area (Å²) in [4.78, 5) is 41.8. The maximum absolute atomic E-state index is 13.5. The van der Waals surface area contributed by atoms with Crippen LogP contribution in [-0.4, -0.2) is 49.8 Å². The van der Waals surface area contributed by atoms with Gasteiger partial charge in [0.05, 0.1) is 11.7 Å². The number of nitrogens with one attached hydrogen (secondary N) is 2. The van der Waals surface area contributed by atoms with Gasteiger partial charge in [-0.15, -0.1) is 0 Å². The number of aryl methyl sites for hydroxylation is 2. The number of fused-ring (bicyclic) bond motifs is 2. The summed E-state index contributed by atoms with van der Waals surface area (Å²) in [5.74, 6) is 0.622. The molecule has 2 aromatic heterocycles. The first-order valence-corrected chi connectivity index (χ1v) is 11.6. The fraction of sp³-hybridized carbons (Fsp3) is 0.480. The third-order valence-corrected chi connectivity index (χ3v) is 7.24. The lowest BCUT2D eigenvalue weighted by Gasteiger charge is -2.31. The Morgan fingerprint density at radius 3 is 2.78 bits per heavy atom. The Hall–Kier alpha value is -2.93. The second-order valence-corrected chi connectivity index (χ2v) is 9.48. The van der Waals surface area contributed by atoms with Crippen LogP contribution in [0.5, 0.6) is 0 Å². The molecule has 7 heteroatoms. The van der Waals surface area contributed by atoms with Crippen molar-refractivity contribution in [3.63, 3.8) is 0 Å². The Morgan fingerprint density at radius 2 is 2.00 bits per heavy atom. The average Bonchev–Trinajstić information content (AvgIpc) is 3.37. The van der Waals surface area contributed by atoms with Crippen LogP contribution < -0.4 is 5.56 Å². The molecule has 7 nitrogen and oxygen atoms in total. The molecule has 0 aliphatic carbocycles. The molecule has 3 aromatic rings. The van der Waals surface area contributed by atoms with Crippen LogP contribution in [0.2, 0.25) is 0 Å². The molecule has 1 atom stereocenters. The number of aromatic nitrogens is 3. The molecule has 0 bridgehead atoms. The lowest BCUT2D eigenvalue weighted by molar-refractivity contribution is 0.0729. The summed E-state index contributed by atoms with van der Waals surface area (Å²) in [6, 6.07) is 6.06. The number of hydrogen-bond acceptors (Lipinski definition) is 4. The van der Waals surface area contributed by atoms with Gasteiger partial charge in [0, 0.05) is 53.4 Å². The number of benzene rings is 1. The summed E-state index contributed by atoms with van der Waals surface area (Å²) in [7, 11) is 0. The fourth-order valence-electron chi connectivity index (χ4n) is 5.13. The number of H-pyrrole nitrogens is 2. The maximum Gasteiger partial charge on any atom is 0.254 e. The van der Waals surface area contributed by atoms with Gasteiger partial charge >= 0.3 is 0 Å². The summed E-state index contributed by atoms with van der Waals surface area (Å²) < 4.78 is 0. The standard InChI is InChI=1S/C25H31N5O2/c1-14(2)29-11-9-18-21(13-29)27-23(28-24(18)31)22-6-5-10-30(22)25(32)17-7-8-20-19(12-17)15(3)16(4)26-20/h7-8,12,14,22,26H,5-6,9-11,13H2,1-4H3,(H,27,28,31)/t22-/m1/s1. The number of carbonyl (C=O) groups is 1. The number of carbonyl (C=O) groups excluding carboxylic acids is 1. The molecule has 2 aliphatic heterocycles. The van der Waals surface area contributed by atoms with Gasteiger partial charge in [-0.2, -0.15) is 0 Å². The van der Waals surface area contributed by atoms with E-state index in [-0.39, 0.29) is 17.5 Å². The monoisotopic (exact) mass is 433 g/mol. The highest BCUT2D eigenvalue weighted by atomic mass is 16.2. The molecule has 0 unspecified atom stereocenters. The highest BCUT2D eigenvalue weighted by Gasteiger charge is 2.34. The molecule has 1 amide bonds. The van der Waals surface area contributed by atoms with Crippen molar-refractivity contribution in [1.82, 2.24) is 24.8 Å². The van der Waals surface area contributed by atoms with Gasteiger partial charge in [-0.05, 0) is 70.7 Å². The third-order valence-electron chi connectivity index (χ3n) is 7.24. The van der Waals surface area contributed by atoms with Crippen LogP contribution in [-0.2, 0) is 13.0 Å². The zero-order valence-corrected chi connectivity index (χ0v) is 19.3. The summed E-state index contributed by atoms with van der Waals surface area (Å²) in [5.41, 5.74) is 5.63. The normalized spacial score (nSPS) is 19.2. The van der Waals surface area contributed by atoms with Crippen LogP contribution in [0.25, 0.3) is 10.9 Å². The molecular formula is C25H31N5O2. The zero-order valence-electron chi connectivity index (χ0n) is 19.3. The van der Waals surface area contributed by atoms with E-state index in [4.69, 9.17) is 4.98 Å². The van der Waals surface area contributed by atoms with Crippen LogP contribution in [0.3, 0.4) is 0 Å². The summed E-state index contributed by atoms with van der Waals surface area (Å²) in [6.45, 7) is 10.7. The molecule has 5 rings (SSSR count). The number of likely N-dealkylation sites (tertiary alicyclic amines) is 1. The Labute approximate surface area is 187 Å². The van der Waals surface area contributed by atoms with Crippen molar-refractivity contribution in [1.29, 1.82) is 0 Å². The van der Waals surface area contributed by atoms with Crippen LogP contribution >= 0.6 is 0 Å². The summed E-state index contributed by atoms with van der Waals surface area (Å²) >= 11 is 0. The largest absolute Gasteiger partial charge is 0.358 e. The van der Waals surface area contributed by atoms with E-state index in [9.17, 15) is 9.59 Å². The van der Waals surface area contributed by atoms with Gasteiger partial charge in [-0.3, -0.25) is 14.5 Å². The van der Waals surface area contributed by atoms with Gasteiger partial charge in [0.2, 0.25) is 0 Å². The minimum atomic E-state index is -0.195. The second-order valence-electron chi connectivity index (χ2n) is 9.48. The van der Waals surface area contributed by atoms with Gasteiger partial charge < -0.3 is 14.9 Å². The Bertz CT molecular complexity index is 1260. The molecule has 168 valence electrons. The van der Waals surface area contributed by atoms with E-state index in [0.29, 0.717) is 30.5 Å². The van der Waals surface area contributed by atoms with E-state index >= 15 is 0 Å². The van der Waals surface area contributed by atoms with E-state index in [2.05, 4.69) is 35.6 Å². The molecule has 2 N–H and O–H groups in total. The first-order chi connectivity index (χ1) is 15.3. The first-order valence-electron chi connectivity index (χ1n) is 11.6. The van der Waals surface area contributed by atoms with Crippen molar-refractivity contribution in [3.8, 4) is 0 Å². The van der Waals surface area contributed by atoms with E-state index in [1.807, 2.05) is 30.0 Å². The minimum Gasteiger partial charge on any atom is -0.358 e. The van der Waals surface area contributed by atoms with Crippen molar-refractivity contribution < 1.29 is 4.79 Å². The maximum atomic E-state index is 13.5. The Balaban J connectivity index is 1.47. The number of rotatable bonds is 3.